The van der Waals surface area contributed by atoms with E-state index in [1.54, 1.807) is 24.3 Å². The Hall–Kier alpha value is -2.21. The summed E-state index contributed by atoms with van der Waals surface area (Å²) in [5.41, 5.74) is 1.02. The van der Waals surface area contributed by atoms with Gasteiger partial charge >= 0.3 is 0 Å². The standard InChI is InChI=1S/C18H21N3O2S/c1-3-8-21-17(23)14-7-6-13(10-15(14)19-18(21)24)16(22)20-9-4-5-12(2)11-20/h3,6-7,10,12H,1,4-5,8-9,11H2,2H3,(H,19,24). The molecule has 1 amide bonds. The molecule has 3 rings (SSSR count). The van der Waals surface area contributed by atoms with E-state index in [1.165, 1.54) is 4.57 Å². The van der Waals surface area contributed by atoms with Gasteiger partial charge in [-0.05, 0) is 49.2 Å². The van der Waals surface area contributed by atoms with Crippen molar-refractivity contribution in [3.63, 3.8) is 0 Å². The molecule has 1 aliphatic rings. The van der Waals surface area contributed by atoms with Crippen molar-refractivity contribution < 1.29 is 4.79 Å². The fourth-order valence-electron chi connectivity index (χ4n) is 3.24. The van der Waals surface area contributed by atoms with Gasteiger partial charge in [-0.25, -0.2) is 0 Å². The second kappa shape index (κ2) is 6.73. The van der Waals surface area contributed by atoms with Gasteiger partial charge < -0.3 is 9.88 Å². The smallest absolute Gasteiger partial charge is 0.262 e. The number of aromatic amines is 1. The molecule has 1 saturated heterocycles. The molecule has 0 aliphatic carbocycles. The third-order valence-corrected chi connectivity index (χ3v) is 4.81. The van der Waals surface area contributed by atoms with Crippen molar-refractivity contribution in [1.29, 1.82) is 0 Å². The number of fused-ring (bicyclic) bond motifs is 1. The van der Waals surface area contributed by atoms with E-state index < -0.39 is 0 Å². The third-order valence-electron chi connectivity index (χ3n) is 4.48. The number of nitrogens with zero attached hydrogens (tertiary/aromatic N) is 2. The minimum Gasteiger partial charge on any atom is -0.338 e. The molecule has 0 radical (unpaired) electrons. The van der Waals surface area contributed by atoms with Crippen molar-refractivity contribution in [3.05, 3.63) is 51.5 Å². The lowest BCUT2D eigenvalue weighted by Crippen LogP contribution is -2.39. The van der Waals surface area contributed by atoms with Crippen molar-refractivity contribution in [1.82, 2.24) is 14.5 Å². The SMILES string of the molecule is C=CCn1c(=S)[nH]c2cc(C(=O)N3CCCC(C)C3)ccc2c1=O. The van der Waals surface area contributed by atoms with E-state index in [-0.39, 0.29) is 11.5 Å². The molecule has 1 aromatic heterocycles. The average molecular weight is 343 g/mol. The molecule has 1 fully saturated rings. The highest BCUT2D eigenvalue weighted by atomic mass is 32.1. The maximum absolute atomic E-state index is 12.7. The number of allylic oxidation sites excluding steroid dienone is 1. The fraction of sp³-hybridized carbons (Fsp3) is 0.389. The van der Waals surface area contributed by atoms with Gasteiger partial charge in [0, 0.05) is 25.2 Å². The summed E-state index contributed by atoms with van der Waals surface area (Å²) in [5.74, 6) is 0.540. The Morgan fingerprint density at radius 2 is 2.29 bits per heavy atom. The van der Waals surface area contributed by atoms with Crippen LogP contribution >= 0.6 is 12.2 Å². The van der Waals surface area contributed by atoms with Crippen LogP contribution < -0.4 is 5.56 Å². The largest absolute Gasteiger partial charge is 0.338 e. The van der Waals surface area contributed by atoms with Crippen LogP contribution in [0.25, 0.3) is 10.9 Å². The number of likely N-dealkylation sites (tertiary alicyclic amines) is 1. The van der Waals surface area contributed by atoms with Gasteiger partial charge in [0.25, 0.3) is 11.5 Å². The average Bonchev–Trinajstić information content (AvgIpc) is 2.57. The first-order valence-corrected chi connectivity index (χ1v) is 8.59. The minimum atomic E-state index is -0.167. The van der Waals surface area contributed by atoms with Crippen molar-refractivity contribution >= 4 is 29.0 Å². The Morgan fingerprint density at radius 1 is 1.50 bits per heavy atom. The van der Waals surface area contributed by atoms with Crippen LogP contribution in [0.2, 0.25) is 0 Å². The number of benzene rings is 1. The number of piperidine rings is 1. The molecule has 0 spiro atoms. The Balaban J connectivity index is 2.01. The zero-order chi connectivity index (χ0) is 17.3. The van der Waals surface area contributed by atoms with Crippen LogP contribution in [0.5, 0.6) is 0 Å². The highest BCUT2D eigenvalue weighted by Gasteiger charge is 2.22. The zero-order valence-electron chi connectivity index (χ0n) is 13.7. The van der Waals surface area contributed by atoms with Crippen LogP contribution in [0.15, 0.2) is 35.6 Å². The van der Waals surface area contributed by atoms with Crippen LogP contribution in [0, 0.1) is 10.7 Å². The van der Waals surface area contributed by atoms with Crippen LogP contribution in [-0.4, -0.2) is 33.4 Å². The predicted molar refractivity (Wildman–Crippen MR) is 97.9 cm³/mol. The number of hydrogen-bond acceptors (Lipinski definition) is 3. The van der Waals surface area contributed by atoms with Crippen molar-refractivity contribution in [2.24, 2.45) is 5.92 Å². The molecule has 2 heterocycles. The van der Waals surface area contributed by atoms with Gasteiger partial charge in [0.1, 0.15) is 0 Å². The molecule has 0 saturated carbocycles. The quantitative estimate of drug-likeness (QED) is 0.688. The third kappa shape index (κ3) is 3.06. The summed E-state index contributed by atoms with van der Waals surface area (Å²) < 4.78 is 1.79. The Bertz CT molecular complexity index is 913. The Labute approximate surface area is 145 Å². The number of rotatable bonds is 3. The number of aromatic nitrogens is 2. The maximum Gasteiger partial charge on any atom is 0.262 e. The van der Waals surface area contributed by atoms with E-state index in [0.717, 1.165) is 25.9 Å². The highest BCUT2D eigenvalue weighted by Crippen LogP contribution is 2.19. The molecule has 1 aliphatic heterocycles. The second-order valence-corrected chi connectivity index (χ2v) is 6.78. The van der Waals surface area contributed by atoms with Crippen LogP contribution in [-0.2, 0) is 6.54 Å². The first kappa shape index (κ1) is 16.6. The monoisotopic (exact) mass is 343 g/mol. The molecule has 1 aromatic carbocycles. The first-order valence-electron chi connectivity index (χ1n) is 8.18. The molecule has 5 nitrogen and oxygen atoms in total. The zero-order valence-corrected chi connectivity index (χ0v) is 14.6. The molecule has 126 valence electrons. The van der Waals surface area contributed by atoms with E-state index >= 15 is 0 Å². The maximum atomic E-state index is 12.7. The second-order valence-electron chi connectivity index (χ2n) is 6.39. The topological polar surface area (TPSA) is 58.1 Å². The highest BCUT2D eigenvalue weighted by molar-refractivity contribution is 7.71. The normalized spacial score (nSPS) is 17.9. The number of hydrogen-bond donors (Lipinski definition) is 1. The van der Waals surface area contributed by atoms with Crippen molar-refractivity contribution in [2.45, 2.75) is 26.3 Å². The molecule has 0 bridgehead atoms. The summed E-state index contributed by atoms with van der Waals surface area (Å²) in [4.78, 5) is 30.2. The van der Waals surface area contributed by atoms with Gasteiger partial charge in [0.15, 0.2) is 4.77 Å². The summed E-state index contributed by atoms with van der Waals surface area (Å²) in [6, 6.07) is 5.15. The molecular weight excluding hydrogens is 322 g/mol. The summed E-state index contributed by atoms with van der Waals surface area (Å²) in [7, 11) is 0. The molecule has 24 heavy (non-hydrogen) atoms. The van der Waals surface area contributed by atoms with Crippen LogP contribution in [0.1, 0.15) is 30.1 Å². The van der Waals surface area contributed by atoms with E-state index in [4.69, 9.17) is 12.2 Å². The fourth-order valence-corrected chi connectivity index (χ4v) is 3.51. The van der Waals surface area contributed by atoms with E-state index in [0.29, 0.717) is 33.7 Å². The van der Waals surface area contributed by atoms with Gasteiger partial charge in [-0.1, -0.05) is 13.0 Å². The lowest BCUT2D eigenvalue weighted by atomic mass is 9.99. The molecule has 1 atom stereocenters. The molecule has 1 unspecified atom stereocenters. The Kier molecular flexibility index (Phi) is 4.66. The number of H-pyrrole nitrogens is 1. The number of carbonyl (C=O) groups excluding carboxylic acids is 1. The summed E-state index contributed by atoms with van der Waals surface area (Å²) in [6.45, 7) is 7.74. The van der Waals surface area contributed by atoms with Gasteiger partial charge in [-0.15, -0.1) is 6.58 Å². The first-order chi connectivity index (χ1) is 11.5. The Morgan fingerprint density at radius 3 is 3.00 bits per heavy atom. The van der Waals surface area contributed by atoms with E-state index in [9.17, 15) is 9.59 Å². The summed E-state index contributed by atoms with van der Waals surface area (Å²) >= 11 is 5.25. The molecular formula is C18H21N3O2S. The molecule has 1 N–H and O–H groups in total. The molecule has 6 heteroatoms. The van der Waals surface area contributed by atoms with Crippen molar-refractivity contribution in [3.8, 4) is 0 Å². The van der Waals surface area contributed by atoms with E-state index in [2.05, 4.69) is 18.5 Å². The van der Waals surface area contributed by atoms with Crippen LogP contribution in [0.4, 0.5) is 0 Å². The van der Waals surface area contributed by atoms with Crippen LogP contribution in [0.3, 0.4) is 0 Å². The lowest BCUT2D eigenvalue weighted by Gasteiger charge is -2.31. The number of carbonyl (C=O) groups is 1. The van der Waals surface area contributed by atoms with Gasteiger partial charge in [0.2, 0.25) is 0 Å². The number of amides is 1. The summed E-state index contributed by atoms with van der Waals surface area (Å²) in [5, 5.41) is 0.522. The van der Waals surface area contributed by atoms with Gasteiger partial charge in [0.05, 0.1) is 10.9 Å². The minimum absolute atomic E-state index is 0.0121. The van der Waals surface area contributed by atoms with Gasteiger partial charge in [-0.3, -0.25) is 14.2 Å². The van der Waals surface area contributed by atoms with E-state index in [1.807, 2.05) is 4.90 Å². The lowest BCUT2D eigenvalue weighted by molar-refractivity contribution is 0.0683. The predicted octanol–water partition coefficient (Wildman–Crippen LogP) is 3.12. The molecule has 2 aromatic rings. The van der Waals surface area contributed by atoms with Crippen molar-refractivity contribution in [2.75, 3.05) is 13.1 Å². The summed E-state index contributed by atoms with van der Waals surface area (Å²) in [6.07, 6.45) is 3.83. The van der Waals surface area contributed by atoms with Gasteiger partial charge in [-0.2, -0.15) is 0 Å². The number of nitrogens with one attached hydrogen (secondary N) is 1.